The third kappa shape index (κ3) is 12.5. The van der Waals surface area contributed by atoms with Gasteiger partial charge >= 0.3 is 5.97 Å². The van der Waals surface area contributed by atoms with Gasteiger partial charge in [0, 0.05) is 37.3 Å². The Bertz CT molecular complexity index is 1600. The SMILES string of the molecule is CC[C@H]1OC(=O)[C@H](C)[C@@H](O[C@H]2C[C@@](C)(OC)[C@@H](O)[C@H](C)O2)[C@H](C)[C@@H](O[C@@H]2O[C@H](C)C[C@H](N(C)C)[C@H]2O)[C@](C)(O)C[C@@H](C)C(=O)[C@H](C)[C@@H](O)[C@]1(C)O.Cc1ccc(C(C)C)cc1O. The number of carbonyl (C=O) groups excluding carboxylic acids is 2. The summed E-state index contributed by atoms with van der Waals surface area (Å²) in [6, 6.07) is 5.51. The maximum Gasteiger partial charge on any atom is 0.311 e. The number of Topliss-reactive ketones (excluding diaryl/α,β-unsaturated/α-hetero) is 1. The number of methoxy groups -OCH3 is 1. The van der Waals surface area contributed by atoms with Crippen molar-refractivity contribution in [1.29, 1.82) is 0 Å². The maximum absolute atomic E-state index is 14.1. The Hall–Kier alpha value is -2.28. The van der Waals surface area contributed by atoms with E-state index in [-0.39, 0.29) is 31.4 Å². The number of aromatic hydroxyl groups is 1. The van der Waals surface area contributed by atoms with E-state index in [9.17, 15) is 40.2 Å². The topological polar surface area (TPSA) is 214 Å². The highest BCUT2D eigenvalue weighted by atomic mass is 16.7. The number of aryl methyl sites for hydroxylation is 1. The Balaban J connectivity index is 0.000000805. The number of cyclic esters (lactones) is 1. The number of phenols is 1. The van der Waals surface area contributed by atoms with Crippen molar-refractivity contribution in [2.45, 2.75) is 206 Å². The van der Waals surface area contributed by atoms with E-state index < -0.39 is 108 Å². The first-order valence-corrected chi connectivity index (χ1v) is 22.4. The number of ether oxygens (including phenoxy) is 6. The molecular weight excluding hydrogens is 803 g/mol. The van der Waals surface area contributed by atoms with E-state index in [1.54, 1.807) is 41.5 Å². The van der Waals surface area contributed by atoms with Gasteiger partial charge in [-0.1, -0.05) is 53.7 Å². The molecule has 0 aromatic heterocycles. The molecule has 3 saturated heterocycles. The highest BCUT2D eigenvalue weighted by Crippen LogP contribution is 2.41. The second-order valence-corrected chi connectivity index (χ2v) is 19.7. The van der Waals surface area contributed by atoms with Crippen molar-refractivity contribution in [3.05, 3.63) is 29.3 Å². The normalized spacial score (nSPS) is 42.8. The minimum Gasteiger partial charge on any atom is -0.508 e. The number of esters is 1. The van der Waals surface area contributed by atoms with Crippen LogP contribution in [0.1, 0.15) is 126 Å². The van der Waals surface area contributed by atoms with Gasteiger partial charge in [-0.3, -0.25) is 9.59 Å². The third-order valence-corrected chi connectivity index (χ3v) is 13.7. The predicted molar refractivity (Wildman–Crippen MR) is 233 cm³/mol. The van der Waals surface area contributed by atoms with Crippen LogP contribution in [0, 0.1) is 30.6 Å². The molecule has 1 aromatic carbocycles. The smallest absolute Gasteiger partial charge is 0.311 e. The van der Waals surface area contributed by atoms with Crippen LogP contribution in [0.25, 0.3) is 0 Å². The standard InChI is InChI=1S/C37H67NO13.C10H14O/c1-14-25-37(10,45)30(41)20(4)27(39)18(2)16-35(8,44)32(51-34-28(40)24(38(11)12)15-19(3)47-34)21(5)29(22(6)33(43)49-25)50-26-17-36(9,46-13)31(42)23(7)48-26;1-7(2)9-5-4-8(3)10(11)6-9/h18-26,28-32,34,40-42,44-45H,14-17H2,1-13H3;4-7,11H,1-3H3/t18-,19-,20+,21+,22-,23+,24+,25-,26+,28-,29+,30-,31+,32-,34+,35-,36-,37-;/m1./s1. The lowest BCUT2D eigenvalue weighted by Gasteiger charge is -2.49. The van der Waals surface area contributed by atoms with Crippen LogP contribution in [0.4, 0.5) is 0 Å². The maximum atomic E-state index is 14.1. The molecule has 6 N–H and O–H groups in total. The van der Waals surface area contributed by atoms with Gasteiger partial charge in [-0.2, -0.15) is 0 Å². The lowest BCUT2D eigenvalue weighted by atomic mass is 9.74. The van der Waals surface area contributed by atoms with Crippen molar-refractivity contribution in [3.8, 4) is 5.75 Å². The van der Waals surface area contributed by atoms with Gasteiger partial charge in [0.2, 0.25) is 0 Å². The van der Waals surface area contributed by atoms with Gasteiger partial charge in [0.15, 0.2) is 12.6 Å². The van der Waals surface area contributed by atoms with E-state index >= 15 is 0 Å². The molecule has 0 saturated carbocycles. The number of phenolic OH excluding ortho intramolecular Hbond substituents is 1. The summed E-state index contributed by atoms with van der Waals surface area (Å²) in [6.45, 7) is 22.5. The fraction of sp³-hybridized carbons (Fsp3) is 0.830. The Morgan fingerprint density at radius 2 is 1.52 bits per heavy atom. The summed E-state index contributed by atoms with van der Waals surface area (Å²) >= 11 is 0. The highest BCUT2D eigenvalue weighted by molar-refractivity contribution is 5.83. The fourth-order valence-electron chi connectivity index (χ4n) is 9.40. The van der Waals surface area contributed by atoms with E-state index in [2.05, 4.69) is 19.9 Å². The molecular formula is C47H81NO14. The Labute approximate surface area is 370 Å². The van der Waals surface area contributed by atoms with Gasteiger partial charge in [0.05, 0.1) is 47.6 Å². The minimum absolute atomic E-state index is 0.0936. The van der Waals surface area contributed by atoms with Crippen LogP contribution in [0.15, 0.2) is 18.2 Å². The van der Waals surface area contributed by atoms with Gasteiger partial charge in [-0.15, -0.1) is 0 Å². The molecule has 1 aromatic rings. The van der Waals surface area contributed by atoms with Crippen molar-refractivity contribution < 1.29 is 68.6 Å². The van der Waals surface area contributed by atoms with E-state index in [1.165, 1.54) is 33.4 Å². The largest absolute Gasteiger partial charge is 0.508 e. The number of carbonyl (C=O) groups is 2. The molecule has 0 unspecified atom stereocenters. The summed E-state index contributed by atoms with van der Waals surface area (Å²) in [5, 5.41) is 67.0. The van der Waals surface area contributed by atoms with Crippen molar-refractivity contribution in [1.82, 2.24) is 4.90 Å². The van der Waals surface area contributed by atoms with Crippen LogP contribution in [0.2, 0.25) is 0 Å². The summed E-state index contributed by atoms with van der Waals surface area (Å²) in [6.07, 6.45) is -9.71. The Morgan fingerprint density at radius 3 is 2.05 bits per heavy atom. The Morgan fingerprint density at radius 1 is 0.903 bits per heavy atom. The van der Waals surface area contributed by atoms with E-state index in [4.69, 9.17) is 28.4 Å². The van der Waals surface area contributed by atoms with Crippen LogP contribution in [0.5, 0.6) is 5.75 Å². The molecule has 3 aliphatic rings. The lowest BCUT2D eigenvalue weighted by molar-refractivity contribution is -0.318. The lowest BCUT2D eigenvalue weighted by Crippen LogP contribution is -2.61. The zero-order valence-electron chi connectivity index (χ0n) is 40.2. The summed E-state index contributed by atoms with van der Waals surface area (Å²) in [5.74, 6) is -4.09. The molecule has 0 amide bonds. The number of nitrogens with zero attached hydrogens (tertiary/aromatic N) is 1. The molecule has 4 rings (SSSR count). The second kappa shape index (κ2) is 21.8. The monoisotopic (exact) mass is 884 g/mol. The summed E-state index contributed by atoms with van der Waals surface area (Å²) in [4.78, 5) is 29.8. The van der Waals surface area contributed by atoms with Crippen LogP contribution >= 0.6 is 0 Å². The molecule has 15 nitrogen and oxygen atoms in total. The summed E-state index contributed by atoms with van der Waals surface area (Å²) in [5.41, 5.74) is -2.71. The number of aliphatic hydroxyl groups is 5. The fourth-order valence-corrected chi connectivity index (χ4v) is 9.40. The summed E-state index contributed by atoms with van der Waals surface area (Å²) < 4.78 is 37.1. The molecule has 358 valence electrons. The van der Waals surface area contributed by atoms with Crippen LogP contribution in [-0.2, 0) is 38.0 Å². The number of hydrogen-bond acceptors (Lipinski definition) is 15. The van der Waals surface area contributed by atoms with Crippen molar-refractivity contribution >= 4 is 11.8 Å². The number of aliphatic hydroxyl groups excluding tert-OH is 3. The van der Waals surface area contributed by atoms with E-state index in [0.29, 0.717) is 18.1 Å². The number of benzene rings is 1. The van der Waals surface area contributed by atoms with Crippen LogP contribution in [-0.4, -0.2) is 153 Å². The number of rotatable bonds is 8. The Kier molecular flexibility index (Phi) is 19.0. The molecule has 0 spiro atoms. The van der Waals surface area contributed by atoms with Gasteiger partial charge in [-0.05, 0) is 105 Å². The first-order valence-electron chi connectivity index (χ1n) is 22.4. The average molecular weight is 884 g/mol. The van der Waals surface area contributed by atoms with Crippen LogP contribution < -0.4 is 0 Å². The molecule has 0 bridgehead atoms. The zero-order chi connectivity index (χ0) is 47.4. The van der Waals surface area contributed by atoms with Crippen molar-refractivity contribution in [3.63, 3.8) is 0 Å². The van der Waals surface area contributed by atoms with Crippen molar-refractivity contribution in [2.75, 3.05) is 21.2 Å². The first kappa shape index (κ1) is 54.1. The molecule has 3 fully saturated rings. The highest BCUT2D eigenvalue weighted by Gasteiger charge is 2.53. The predicted octanol–water partition coefficient (Wildman–Crippen LogP) is 4.61. The molecule has 3 aliphatic heterocycles. The average Bonchev–Trinajstić information content (AvgIpc) is 3.19. The molecule has 62 heavy (non-hydrogen) atoms. The van der Waals surface area contributed by atoms with Crippen LogP contribution in [0.3, 0.4) is 0 Å². The van der Waals surface area contributed by atoms with Gasteiger partial charge in [0.1, 0.15) is 35.4 Å². The minimum atomic E-state index is -1.99. The molecule has 15 heteroatoms. The second-order valence-electron chi connectivity index (χ2n) is 19.7. The first-order chi connectivity index (χ1) is 28.5. The van der Waals surface area contributed by atoms with E-state index in [0.717, 1.165) is 5.56 Å². The quantitative estimate of drug-likeness (QED) is 0.197. The zero-order valence-corrected chi connectivity index (χ0v) is 40.2. The molecule has 18 atom stereocenters. The molecule has 0 aliphatic carbocycles. The van der Waals surface area contributed by atoms with E-state index in [1.807, 2.05) is 45.0 Å². The number of ketones is 1. The van der Waals surface area contributed by atoms with Gasteiger partial charge < -0.3 is 64.0 Å². The van der Waals surface area contributed by atoms with Gasteiger partial charge in [-0.25, -0.2) is 0 Å². The number of hydrogen-bond donors (Lipinski definition) is 6. The molecule has 3 heterocycles. The van der Waals surface area contributed by atoms with Crippen molar-refractivity contribution in [2.24, 2.45) is 23.7 Å². The summed E-state index contributed by atoms with van der Waals surface area (Å²) in [7, 11) is 5.18. The number of likely N-dealkylation sites (N-methyl/N-ethyl adjacent to an activating group) is 1. The third-order valence-electron chi connectivity index (χ3n) is 13.7. The molecule has 0 radical (unpaired) electrons. The van der Waals surface area contributed by atoms with Gasteiger partial charge in [0.25, 0.3) is 0 Å².